The minimum absolute atomic E-state index is 0.105. The van der Waals surface area contributed by atoms with Gasteiger partial charge in [-0.15, -0.1) is 0 Å². The lowest BCUT2D eigenvalue weighted by Gasteiger charge is -2.37. The predicted octanol–water partition coefficient (Wildman–Crippen LogP) is 4.86. The van der Waals surface area contributed by atoms with E-state index in [9.17, 15) is 4.79 Å². The van der Waals surface area contributed by atoms with E-state index >= 15 is 0 Å². The summed E-state index contributed by atoms with van der Waals surface area (Å²) in [5.41, 5.74) is 3.56. The summed E-state index contributed by atoms with van der Waals surface area (Å²) < 4.78 is 0. The third kappa shape index (κ3) is 6.25. The molecular formula is C27H30Cl2N6OS. The zero-order valence-corrected chi connectivity index (χ0v) is 23.1. The van der Waals surface area contributed by atoms with Crippen molar-refractivity contribution in [2.24, 2.45) is 0 Å². The molecule has 0 spiro atoms. The Morgan fingerprint density at radius 3 is 2.11 bits per heavy atom. The maximum absolute atomic E-state index is 12.9. The zero-order chi connectivity index (χ0) is 25.8. The number of thioether (sulfide) groups is 1. The second-order valence-corrected chi connectivity index (χ2v) is 10.9. The number of anilines is 3. The van der Waals surface area contributed by atoms with Gasteiger partial charge in [-0.1, -0.05) is 65.3 Å². The molecule has 2 fully saturated rings. The number of para-hydroxylation sites is 2. The van der Waals surface area contributed by atoms with Crippen LogP contribution in [0.4, 0.5) is 17.2 Å². The molecule has 0 N–H and O–H groups in total. The molecule has 2 saturated heterocycles. The summed E-state index contributed by atoms with van der Waals surface area (Å²) in [7, 11) is 0. The molecule has 37 heavy (non-hydrogen) atoms. The number of rotatable bonds is 6. The Bertz CT molecular complexity index is 1250. The first-order valence-electron chi connectivity index (χ1n) is 12.5. The molecule has 0 saturated carbocycles. The molecule has 3 heterocycles. The van der Waals surface area contributed by atoms with Crippen LogP contribution < -0.4 is 14.7 Å². The second kappa shape index (κ2) is 11.8. The highest BCUT2D eigenvalue weighted by Crippen LogP contribution is 2.28. The maximum atomic E-state index is 12.9. The van der Waals surface area contributed by atoms with E-state index in [-0.39, 0.29) is 5.91 Å². The normalized spacial score (nSPS) is 16.3. The van der Waals surface area contributed by atoms with E-state index in [0.29, 0.717) is 29.2 Å². The number of benzene rings is 2. The molecule has 2 aromatic carbocycles. The molecule has 2 aliphatic heterocycles. The molecule has 0 bridgehead atoms. The van der Waals surface area contributed by atoms with Crippen LogP contribution in [0.25, 0.3) is 0 Å². The Kier molecular flexibility index (Phi) is 8.27. The number of carbonyl (C=O) groups is 1. The summed E-state index contributed by atoms with van der Waals surface area (Å²) in [6.45, 7) is 8.48. The molecule has 1 aromatic heterocycles. The van der Waals surface area contributed by atoms with E-state index in [1.807, 2.05) is 29.2 Å². The summed E-state index contributed by atoms with van der Waals surface area (Å²) in [5.74, 6) is 1.19. The van der Waals surface area contributed by atoms with Gasteiger partial charge in [-0.25, -0.2) is 9.97 Å². The zero-order valence-electron chi connectivity index (χ0n) is 20.8. The molecule has 7 nitrogen and oxygen atoms in total. The van der Waals surface area contributed by atoms with Gasteiger partial charge >= 0.3 is 0 Å². The smallest absolute Gasteiger partial charge is 0.233 e. The monoisotopic (exact) mass is 556 g/mol. The Balaban J connectivity index is 1.14. The molecule has 0 atom stereocenters. The second-order valence-electron chi connectivity index (χ2n) is 9.20. The number of hydrogen-bond acceptors (Lipinski definition) is 7. The number of carbonyl (C=O) groups excluding carboxylic acids is 1. The lowest BCUT2D eigenvalue weighted by Crippen LogP contribution is -2.49. The van der Waals surface area contributed by atoms with Gasteiger partial charge in [0.05, 0.1) is 16.5 Å². The van der Waals surface area contributed by atoms with E-state index in [1.54, 1.807) is 6.07 Å². The van der Waals surface area contributed by atoms with E-state index < -0.39 is 0 Å². The van der Waals surface area contributed by atoms with E-state index in [4.69, 9.17) is 28.2 Å². The lowest BCUT2D eigenvalue weighted by atomic mass is 10.1. The average molecular weight is 558 g/mol. The molecule has 2 aliphatic rings. The fourth-order valence-corrected chi connectivity index (χ4v) is 6.07. The van der Waals surface area contributed by atoms with Crippen molar-refractivity contribution in [3.8, 4) is 0 Å². The number of nitrogens with zero attached hydrogens (tertiary/aromatic N) is 6. The van der Waals surface area contributed by atoms with Crippen LogP contribution in [0.3, 0.4) is 0 Å². The van der Waals surface area contributed by atoms with Crippen LogP contribution in [0, 0.1) is 6.92 Å². The molecule has 10 heteroatoms. The van der Waals surface area contributed by atoms with Crippen molar-refractivity contribution in [3.05, 3.63) is 70.3 Å². The third-order valence-electron chi connectivity index (χ3n) is 6.87. The van der Waals surface area contributed by atoms with Crippen LogP contribution in [0.2, 0.25) is 10.2 Å². The number of piperazine rings is 2. The summed E-state index contributed by atoms with van der Waals surface area (Å²) in [4.78, 5) is 30.8. The molecule has 0 unspecified atom stereocenters. The van der Waals surface area contributed by atoms with E-state index in [2.05, 4.69) is 50.9 Å². The predicted molar refractivity (Wildman–Crippen MR) is 154 cm³/mol. The first-order valence-corrected chi connectivity index (χ1v) is 14.2. The molecular weight excluding hydrogens is 527 g/mol. The van der Waals surface area contributed by atoms with Crippen molar-refractivity contribution in [2.75, 3.05) is 72.8 Å². The van der Waals surface area contributed by atoms with Crippen LogP contribution in [0.15, 0.2) is 59.8 Å². The SMILES string of the molecule is Cc1ccccc1N1CCN(C(=O)CSc2nc(Cl)cc(N3CCN(c4ccccc4Cl)CC3)n2)CC1. The Morgan fingerprint density at radius 1 is 0.811 bits per heavy atom. The van der Waals surface area contributed by atoms with Crippen LogP contribution in [-0.2, 0) is 4.79 Å². The van der Waals surface area contributed by atoms with Crippen LogP contribution in [0.1, 0.15) is 5.56 Å². The fraction of sp³-hybridized carbons (Fsp3) is 0.370. The summed E-state index contributed by atoms with van der Waals surface area (Å²) in [5, 5.41) is 1.68. The van der Waals surface area contributed by atoms with Crippen molar-refractivity contribution in [2.45, 2.75) is 12.1 Å². The van der Waals surface area contributed by atoms with E-state index in [1.165, 1.54) is 23.0 Å². The van der Waals surface area contributed by atoms with Gasteiger partial charge in [0.2, 0.25) is 5.91 Å². The average Bonchev–Trinajstić information content (AvgIpc) is 2.92. The lowest BCUT2D eigenvalue weighted by molar-refractivity contribution is -0.128. The van der Waals surface area contributed by atoms with Crippen molar-refractivity contribution >= 4 is 58.1 Å². The Labute approximate surface area is 232 Å². The summed E-state index contributed by atoms with van der Waals surface area (Å²) >= 11 is 14.1. The largest absolute Gasteiger partial charge is 0.368 e. The van der Waals surface area contributed by atoms with Gasteiger partial charge in [0.15, 0.2) is 5.16 Å². The number of amides is 1. The standard InChI is InChI=1S/C27H30Cl2N6OS/c1-20-6-2-4-8-22(20)32-12-16-35(17-13-32)26(36)19-37-27-30-24(29)18-25(31-27)34-14-10-33(11-15-34)23-9-5-3-7-21(23)28/h2-9,18H,10-17,19H2,1H3. The van der Waals surface area contributed by atoms with Crippen molar-refractivity contribution in [3.63, 3.8) is 0 Å². The number of aryl methyl sites for hydroxylation is 1. The van der Waals surface area contributed by atoms with Gasteiger partial charge in [-0.2, -0.15) is 0 Å². The van der Waals surface area contributed by atoms with Gasteiger partial charge < -0.3 is 19.6 Å². The molecule has 5 rings (SSSR count). The summed E-state index contributed by atoms with van der Waals surface area (Å²) in [6, 6.07) is 18.1. The van der Waals surface area contributed by atoms with Crippen molar-refractivity contribution < 1.29 is 4.79 Å². The van der Waals surface area contributed by atoms with Crippen molar-refractivity contribution in [1.29, 1.82) is 0 Å². The van der Waals surface area contributed by atoms with Gasteiger partial charge in [0, 0.05) is 64.1 Å². The van der Waals surface area contributed by atoms with Crippen LogP contribution in [0.5, 0.6) is 0 Å². The topological polar surface area (TPSA) is 55.8 Å². The molecule has 3 aromatic rings. The Morgan fingerprint density at radius 2 is 1.41 bits per heavy atom. The van der Waals surface area contributed by atoms with Gasteiger partial charge in [0.25, 0.3) is 0 Å². The molecule has 0 aliphatic carbocycles. The van der Waals surface area contributed by atoms with E-state index in [0.717, 1.165) is 55.8 Å². The maximum Gasteiger partial charge on any atom is 0.233 e. The quantitative estimate of drug-likeness (QED) is 0.244. The first-order chi connectivity index (χ1) is 18.0. The highest BCUT2D eigenvalue weighted by atomic mass is 35.5. The van der Waals surface area contributed by atoms with Crippen LogP contribution in [-0.4, -0.2) is 78.9 Å². The van der Waals surface area contributed by atoms with Gasteiger partial charge in [-0.05, 0) is 30.7 Å². The minimum atomic E-state index is 0.105. The highest BCUT2D eigenvalue weighted by Gasteiger charge is 2.24. The third-order valence-corrected chi connectivity index (χ3v) is 8.22. The minimum Gasteiger partial charge on any atom is -0.368 e. The number of aromatic nitrogens is 2. The Hall–Kier alpha value is -2.68. The number of halogens is 2. The van der Waals surface area contributed by atoms with Crippen molar-refractivity contribution in [1.82, 2.24) is 14.9 Å². The van der Waals surface area contributed by atoms with Crippen LogP contribution >= 0.6 is 35.0 Å². The van der Waals surface area contributed by atoms with Gasteiger partial charge in [-0.3, -0.25) is 4.79 Å². The molecule has 1 amide bonds. The van der Waals surface area contributed by atoms with Gasteiger partial charge in [0.1, 0.15) is 11.0 Å². The highest BCUT2D eigenvalue weighted by molar-refractivity contribution is 7.99. The molecule has 0 radical (unpaired) electrons. The first kappa shape index (κ1) is 25.9. The summed E-state index contributed by atoms with van der Waals surface area (Å²) in [6.07, 6.45) is 0. The number of hydrogen-bond donors (Lipinski definition) is 0. The fourth-order valence-electron chi connectivity index (χ4n) is 4.83. The molecule has 194 valence electrons.